The summed E-state index contributed by atoms with van der Waals surface area (Å²) in [6.07, 6.45) is 1.72. The molecule has 1 N–H and O–H groups in total. The van der Waals surface area contributed by atoms with E-state index in [1.54, 1.807) is 6.26 Å². The molecule has 0 amide bonds. The lowest BCUT2D eigenvalue weighted by Gasteiger charge is -2.41. The largest absolute Gasteiger partial charge is 0.467 e. The molecule has 3 nitrogen and oxygen atoms in total. The SMILES string of the molecule is CC1NCC(c2ccco2)OC1(C)C. The Balaban J connectivity index is 2.11. The van der Waals surface area contributed by atoms with Gasteiger partial charge in [0.15, 0.2) is 0 Å². The molecule has 1 aromatic rings. The first-order valence-electron chi connectivity index (χ1n) is 5.04. The molecule has 0 aliphatic carbocycles. The van der Waals surface area contributed by atoms with Crippen LogP contribution < -0.4 is 5.32 Å². The van der Waals surface area contributed by atoms with Gasteiger partial charge in [-0.1, -0.05) is 0 Å². The maximum absolute atomic E-state index is 5.97. The normalized spacial score (nSPS) is 31.6. The number of hydrogen-bond donors (Lipinski definition) is 1. The van der Waals surface area contributed by atoms with Gasteiger partial charge in [-0.25, -0.2) is 0 Å². The second kappa shape index (κ2) is 3.41. The number of nitrogens with one attached hydrogen (secondary N) is 1. The molecule has 2 atom stereocenters. The lowest BCUT2D eigenvalue weighted by Crippen LogP contribution is -2.53. The highest BCUT2D eigenvalue weighted by molar-refractivity contribution is 5.05. The average molecular weight is 195 g/mol. The maximum Gasteiger partial charge on any atom is 0.133 e. The molecule has 1 aromatic heterocycles. The Morgan fingerprint density at radius 3 is 2.86 bits per heavy atom. The van der Waals surface area contributed by atoms with Crippen molar-refractivity contribution in [2.45, 2.75) is 38.5 Å². The lowest BCUT2D eigenvalue weighted by atomic mass is 9.97. The highest BCUT2D eigenvalue weighted by Gasteiger charge is 2.36. The molecular weight excluding hydrogens is 178 g/mol. The zero-order valence-corrected chi connectivity index (χ0v) is 8.91. The van der Waals surface area contributed by atoms with Gasteiger partial charge in [0.25, 0.3) is 0 Å². The van der Waals surface area contributed by atoms with Crippen molar-refractivity contribution in [3.05, 3.63) is 24.2 Å². The molecule has 0 saturated carbocycles. The molecule has 14 heavy (non-hydrogen) atoms. The van der Waals surface area contributed by atoms with Crippen LogP contribution in [0.3, 0.4) is 0 Å². The summed E-state index contributed by atoms with van der Waals surface area (Å²) in [6.45, 7) is 7.15. The van der Waals surface area contributed by atoms with Gasteiger partial charge in [0, 0.05) is 12.6 Å². The summed E-state index contributed by atoms with van der Waals surface area (Å²) in [7, 11) is 0. The Hall–Kier alpha value is -0.800. The summed E-state index contributed by atoms with van der Waals surface area (Å²) in [6, 6.07) is 4.22. The highest BCUT2D eigenvalue weighted by atomic mass is 16.5. The van der Waals surface area contributed by atoms with E-state index in [4.69, 9.17) is 9.15 Å². The van der Waals surface area contributed by atoms with Crippen LogP contribution in [0.25, 0.3) is 0 Å². The molecule has 1 fully saturated rings. The molecular formula is C11H17NO2. The van der Waals surface area contributed by atoms with Gasteiger partial charge in [0.1, 0.15) is 11.9 Å². The Kier molecular flexibility index (Phi) is 2.37. The van der Waals surface area contributed by atoms with Gasteiger partial charge in [0.2, 0.25) is 0 Å². The minimum atomic E-state index is -0.143. The fraction of sp³-hybridized carbons (Fsp3) is 0.636. The van der Waals surface area contributed by atoms with Crippen LogP contribution in [0.2, 0.25) is 0 Å². The molecule has 0 radical (unpaired) electrons. The van der Waals surface area contributed by atoms with Crippen molar-refractivity contribution in [1.82, 2.24) is 5.32 Å². The number of hydrogen-bond acceptors (Lipinski definition) is 3. The molecule has 78 valence electrons. The minimum absolute atomic E-state index is 0.0381. The summed E-state index contributed by atoms with van der Waals surface area (Å²) < 4.78 is 11.3. The van der Waals surface area contributed by atoms with E-state index in [1.807, 2.05) is 12.1 Å². The molecule has 0 spiro atoms. The summed E-state index contributed by atoms with van der Waals surface area (Å²) in [5.74, 6) is 0.900. The van der Waals surface area contributed by atoms with Crippen molar-refractivity contribution in [3.63, 3.8) is 0 Å². The van der Waals surface area contributed by atoms with E-state index in [2.05, 4.69) is 26.1 Å². The minimum Gasteiger partial charge on any atom is -0.467 e. The Morgan fingerprint density at radius 2 is 2.29 bits per heavy atom. The van der Waals surface area contributed by atoms with Crippen molar-refractivity contribution >= 4 is 0 Å². The van der Waals surface area contributed by atoms with E-state index >= 15 is 0 Å². The Morgan fingerprint density at radius 1 is 1.50 bits per heavy atom. The maximum atomic E-state index is 5.97. The van der Waals surface area contributed by atoms with E-state index in [-0.39, 0.29) is 11.7 Å². The number of rotatable bonds is 1. The first-order valence-corrected chi connectivity index (χ1v) is 5.04. The van der Waals surface area contributed by atoms with Crippen molar-refractivity contribution in [3.8, 4) is 0 Å². The summed E-state index contributed by atoms with van der Waals surface area (Å²) in [5, 5.41) is 3.43. The number of ether oxygens (including phenoxy) is 1. The van der Waals surface area contributed by atoms with Crippen LogP contribution in [-0.4, -0.2) is 18.2 Å². The molecule has 0 aromatic carbocycles. The predicted octanol–water partition coefficient (Wildman–Crippen LogP) is 2.11. The first-order chi connectivity index (χ1) is 6.59. The van der Waals surface area contributed by atoms with Gasteiger partial charge in [-0.05, 0) is 32.9 Å². The summed E-state index contributed by atoms with van der Waals surface area (Å²) in [4.78, 5) is 0. The van der Waals surface area contributed by atoms with E-state index < -0.39 is 0 Å². The topological polar surface area (TPSA) is 34.4 Å². The molecule has 2 rings (SSSR count). The van der Waals surface area contributed by atoms with Crippen LogP contribution in [0.15, 0.2) is 22.8 Å². The number of furan rings is 1. The average Bonchev–Trinajstić information content (AvgIpc) is 2.62. The van der Waals surface area contributed by atoms with E-state index in [0.717, 1.165) is 12.3 Å². The summed E-state index contributed by atoms with van der Waals surface area (Å²) in [5.41, 5.74) is -0.143. The third kappa shape index (κ3) is 1.70. The number of morpholine rings is 1. The molecule has 2 heterocycles. The molecule has 3 heteroatoms. The van der Waals surface area contributed by atoms with Crippen LogP contribution in [0.4, 0.5) is 0 Å². The van der Waals surface area contributed by atoms with Crippen molar-refractivity contribution < 1.29 is 9.15 Å². The van der Waals surface area contributed by atoms with Gasteiger partial charge in [0.05, 0.1) is 11.9 Å². The second-order valence-electron chi connectivity index (χ2n) is 4.36. The Labute approximate surface area is 84.4 Å². The molecule has 1 saturated heterocycles. The van der Waals surface area contributed by atoms with E-state index in [9.17, 15) is 0 Å². The zero-order valence-electron chi connectivity index (χ0n) is 8.91. The predicted molar refractivity (Wildman–Crippen MR) is 54.1 cm³/mol. The third-order valence-electron chi connectivity index (χ3n) is 2.96. The van der Waals surface area contributed by atoms with Gasteiger partial charge >= 0.3 is 0 Å². The van der Waals surface area contributed by atoms with Crippen LogP contribution in [-0.2, 0) is 4.74 Å². The zero-order chi connectivity index (χ0) is 10.2. The highest BCUT2D eigenvalue weighted by Crippen LogP contribution is 2.30. The first kappa shape index (κ1) is 9.74. The second-order valence-corrected chi connectivity index (χ2v) is 4.36. The monoisotopic (exact) mass is 195 g/mol. The molecule has 0 bridgehead atoms. The van der Waals surface area contributed by atoms with Crippen LogP contribution in [0.5, 0.6) is 0 Å². The fourth-order valence-electron chi connectivity index (χ4n) is 1.67. The molecule has 1 aliphatic heterocycles. The smallest absolute Gasteiger partial charge is 0.133 e. The van der Waals surface area contributed by atoms with Gasteiger partial charge in [-0.15, -0.1) is 0 Å². The van der Waals surface area contributed by atoms with Crippen LogP contribution in [0, 0.1) is 0 Å². The van der Waals surface area contributed by atoms with Crippen molar-refractivity contribution in [2.75, 3.05) is 6.54 Å². The molecule has 2 unspecified atom stereocenters. The standard InChI is InChI=1S/C11H17NO2/c1-8-11(2,3)14-10(7-12-8)9-5-4-6-13-9/h4-6,8,10,12H,7H2,1-3H3. The fourth-order valence-corrected chi connectivity index (χ4v) is 1.67. The van der Waals surface area contributed by atoms with Crippen molar-refractivity contribution in [2.24, 2.45) is 0 Å². The quantitative estimate of drug-likeness (QED) is 0.745. The Bertz CT molecular complexity index is 292. The van der Waals surface area contributed by atoms with Gasteiger partial charge in [-0.3, -0.25) is 0 Å². The van der Waals surface area contributed by atoms with Crippen LogP contribution in [0.1, 0.15) is 32.6 Å². The van der Waals surface area contributed by atoms with Gasteiger partial charge < -0.3 is 14.5 Å². The van der Waals surface area contributed by atoms with Gasteiger partial charge in [-0.2, -0.15) is 0 Å². The van der Waals surface area contributed by atoms with Crippen LogP contribution >= 0.6 is 0 Å². The lowest BCUT2D eigenvalue weighted by molar-refractivity contribution is -0.125. The third-order valence-corrected chi connectivity index (χ3v) is 2.96. The van der Waals surface area contributed by atoms with E-state index in [0.29, 0.717) is 6.04 Å². The summed E-state index contributed by atoms with van der Waals surface area (Å²) >= 11 is 0. The van der Waals surface area contributed by atoms with Crippen molar-refractivity contribution in [1.29, 1.82) is 0 Å². The van der Waals surface area contributed by atoms with E-state index in [1.165, 1.54) is 0 Å². The molecule has 1 aliphatic rings.